The van der Waals surface area contributed by atoms with E-state index in [4.69, 9.17) is 8.25 Å². The van der Waals surface area contributed by atoms with E-state index in [1.165, 1.54) is 14.1 Å². The zero-order valence-corrected chi connectivity index (χ0v) is 13.0. The molecule has 1 aromatic carbocycles. The normalized spacial score (nSPS) is 10.2. The molecule has 0 amide bonds. The van der Waals surface area contributed by atoms with E-state index in [1.807, 2.05) is 23.9 Å². The van der Waals surface area contributed by atoms with E-state index in [9.17, 15) is 0 Å². The number of hydrogen-bond donors (Lipinski definition) is 0. The van der Waals surface area contributed by atoms with Gasteiger partial charge in [-0.25, -0.2) is 0 Å². The van der Waals surface area contributed by atoms with Crippen LogP contribution in [0.15, 0.2) is 24.3 Å². The summed E-state index contributed by atoms with van der Waals surface area (Å²) in [5.41, 5.74) is 1.19. The quantitative estimate of drug-likeness (QED) is 0.698. The van der Waals surface area contributed by atoms with Gasteiger partial charge in [0.2, 0.25) is 0 Å². The molecule has 0 atom stereocenters. The number of aryl methyl sites for hydroxylation is 1. The predicted octanol–water partition coefficient (Wildman–Crippen LogP) is 1.43. The second-order valence-electron chi connectivity index (χ2n) is 2.72. The second-order valence-corrected chi connectivity index (χ2v) is 8.71. The number of halogens is 1. The van der Waals surface area contributed by atoms with Gasteiger partial charge in [0.25, 0.3) is 0 Å². The summed E-state index contributed by atoms with van der Waals surface area (Å²) in [4.78, 5) is 0. The van der Waals surface area contributed by atoms with Crippen molar-refractivity contribution in [2.75, 3.05) is 0 Å². The molecule has 12 heavy (non-hydrogen) atoms. The first kappa shape index (κ1) is 8.51. The van der Waals surface area contributed by atoms with Crippen LogP contribution in [-0.2, 0) is 30.4 Å². The van der Waals surface area contributed by atoms with Crippen LogP contribution in [0.2, 0.25) is 0 Å². The average Bonchev–Trinajstić information content (AvgIpc) is 2.44. The third kappa shape index (κ3) is 1.27. The van der Waals surface area contributed by atoms with Crippen molar-refractivity contribution in [3.05, 3.63) is 24.3 Å². The monoisotopic (exact) mass is 368 g/mol. The van der Waals surface area contributed by atoms with Crippen molar-refractivity contribution in [1.82, 2.24) is 9.78 Å². The molecule has 0 aliphatic heterocycles. The Labute approximate surface area is 86.4 Å². The van der Waals surface area contributed by atoms with Gasteiger partial charge in [0.1, 0.15) is 0 Å². The third-order valence-electron chi connectivity index (χ3n) is 1.96. The Kier molecular flexibility index (Phi) is 2.37. The van der Waals surface area contributed by atoms with Crippen LogP contribution in [0.25, 0.3) is 10.9 Å². The van der Waals surface area contributed by atoms with E-state index in [-0.39, 0.29) is 0 Å². The fraction of sp³-hybridized carbons (Fsp3) is 0.125. The molecule has 2 aromatic rings. The molecule has 4 heteroatoms. The summed E-state index contributed by atoms with van der Waals surface area (Å²) in [5, 5.41) is 5.64. The van der Waals surface area contributed by atoms with Crippen molar-refractivity contribution >= 4 is 22.4 Å². The molecular weight excluding hydrogens is 360 g/mol. The molecule has 0 radical (unpaired) electrons. The van der Waals surface area contributed by atoms with Crippen LogP contribution in [0.4, 0.5) is 0 Å². The first-order valence-electron chi connectivity index (χ1n) is 3.79. The van der Waals surface area contributed by atoms with Crippen molar-refractivity contribution in [2.24, 2.45) is 7.05 Å². The van der Waals surface area contributed by atoms with Gasteiger partial charge in [0.15, 0.2) is 0 Å². The Hall–Kier alpha value is -0.0849. The average molecular weight is 367 g/mol. The van der Waals surface area contributed by atoms with Crippen LogP contribution in [0.5, 0.6) is 0 Å². The summed E-state index contributed by atoms with van der Waals surface area (Å²) in [6.07, 6.45) is 0. The SMILES string of the molecule is Cn1n[c]([Hg][Cl])c2ccccc21. The Bertz CT molecular complexity index is 410. The Morgan fingerprint density at radius 3 is 2.92 bits per heavy atom. The van der Waals surface area contributed by atoms with Gasteiger partial charge >= 0.3 is 86.8 Å². The van der Waals surface area contributed by atoms with E-state index in [2.05, 4.69) is 17.2 Å². The number of hydrogen-bond acceptors (Lipinski definition) is 1. The molecule has 0 spiro atoms. The summed E-state index contributed by atoms with van der Waals surface area (Å²) >= 11 is -1.36. The van der Waals surface area contributed by atoms with E-state index in [0.717, 1.165) is 0 Å². The van der Waals surface area contributed by atoms with Crippen molar-refractivity contribution in [3.63, 3.8) is 0 Å². The van der Waals surface area contributed by atoms with Gasteiger partial charge in [-0.15, -0.1) is 0 Å². The van der Waals surface area contributed by atoms with Gasteiger partial charge in [0.05, 0.1) is 0 Å². The number of rotatable bonds is 1. The molecule has 0 saturated carbocycles. The molecule has 0 saturated heterocycles. The van der Waals surface area contributed by atoms with Crippen molar-refractivity contribution in [3.8, 4) is 0 Å². The fourth-order valence-corrected chi connectivity index (χ4v) is 5.87. The Morgan fingerprint density at radius 1 is 1.42 bits per heavy atom. The number of aromatic nitrogens is 2. The molecule has 0 bridgehead atoms. The first-order chi connectivity index (χ1) is 5.83. The zero-order chi connectivity index (χ0) is 8.55. The number of benzene rings is 1. The van der Waals surface area contributed by atoms with Gasteiger partial charge in [-0.3, -0.25) is 0 Å². The van der Waals surface area contributed by atoms with Gasteiger partial charge in [0, 0.05) is 0 Å². The van der Waals surface area contributed by atoms with Crippen molar-refractivity contribution in [1.29, 1.82) is 0 Å². The van der Waals surface area contributed by atoms with Gasteiger partial charge in [-0.1, -0.05) is 0 Å². The topological polar surface area (TPSA) is 17.8 Å². The number of para-hydroxylation sites is 1. The maximum atomic E-state index is 5.97. The van der Waals surface area contributed by atoms with Crippen molar-refractivity contribution in [2.45, 2.75) is 0 Å². The van der Waals surface area contributed by atoms with Gasteiger partial charge < -0.3 is 0 Å². The van der Waals surface area contributed by atoms with Crippen LogP contribution in [0.3, 0.4) is 0 Å². The van der Waals surface area contributed by atoms with E-state index in [1.54, 1.807) is 0 Å². The first-order valence-corrected chi connectivity index (χ1v) is 13.3. The van der Waals surface area contributed by atoms with Crippen molar-refractivity contribution < 1.29 is 23.3 Å². The standard InChI is InChI=1S/C8H7N2.ClH.Hg/c1-10-8-5-3-2-4-7(8)6-9-10;;/h2-5H,1H3;1H;/q;;+1/p-1. The molecule has 1 heterocycles. The summed E-state index contributed by atoms with van der Waals surface area (Å²) in [7, 11) is 7.93. The maximum absolute atomic E-state index is 5.97. The molecule has 0 N–H and O–H groups in total. The fourth-order valence-electron chi connectivity index (χ4n) is 1.39. The predicted molar refractivity (Wildman–Crippen MR) is 46.2 cm³/mol. The summed E-state index contributed by atoms with van der Waals surface area (Å²) < 4.78 is 3.09. The van der Waals surface area contributed by atoms with Crippen LogP contribution < -0.4 is 3.20 Å². The van der Waals surface area contributed by atoms with Gasteiger partial charge in [-0.05, 0) is 0 Å². The van der Waals surface area contributed by atoms with Gasteiger partial charge in [-0.2, -0.15) is 0 Å². The van der Waals surface area contributed by atoms with Crippen LogP contribution >= 0.6 is 8.25 Å². The van der Waals surface area contributed by atoms with Crippen LogP contribution in [0, 0.1) is 0 Å². The minimum atomic E-state index is -1.36. The molecule has 0 fully saturated rings. The van der Waals surface area contributed by atoms with E-state index in [0.29, 0.717) is 0 Å². The summed E-state index contributed by atoms with van der Waals surface area (Å²) in [6, 6.07) is 8.24. The van der Waals surface area contributed by atoms with E-state index < -0.39 is 23.3 Å². The molecule has 0 unspecified atom stereocenters. The zero-order valence-electron chi connectivity index (χ0n) is 6.79. The third-order valence-corrected chi connectivity index (χ3v) is 7.20. The molecule has 0 aliphatic carbocycles. The second kappa shape index (κ2) is 3.34. The van der Waals surface area contributed by atoms with Crippen LogP contribution in [0.1, 0.15) is 0 Å². The molecule has 58 valence electrons. The van der Waals surface area contributed by atoms with Crippen LogP contribution in [-0.4, -0.2) is 9.78 Å². The summed E-state index contributed by atoms with van der Waals surface area (Å²) in [6.45, 7) is 0. The molecule has 2 nitrogen and oxygen atoms in total. The Balaban J connectivity index is 2.82. The number of fused-ring (bicyclic) bond motifs is 1. The minimum absolute atomic E-state index is 1.18. The molecule has 2 rings (SSSR count). The molecule has 0 aliphatic rings. The number of nitrogens with zero attached hydrogens (tertiary/aromatic N) is 2. The Morgan fingerprint density at radius 2 is 2.17 bits per heavy atom. The molecule has 1 aromatic heterocycles. The van der Waals surface area contributed by atoms with E-state index >= 15 is 0 Å². The molecular formula is C8H7ClHgN2. The summed E-state index contributed by atoms with van der Waals surface area (Å²) in [5.74, 6) is 0.